The molecule has 11 heavy (non-hydrogen) atoms. The van der Waals surface area contributed by atoms with Gasteiger partial charge in [-0.1, -0.05) is 0 Å². The molecule has 0 aliphatic rings. The Kier molecular flexibility index (Phi) is 3.05. The lowest BCUT2D eigenvalue weighted by Crippen LogP contribution is -2.14. The van der Waals surface area contributed by atoms with Crippen molar-refractivity contribution in [2.75, 3.05) is 13.7 Å². The number of aryl methyl sites for hydroxylation is 1. The van der Waals surface area contributed by atoms with E-state index in [-0.39, 0.29) is 6.04 Å². The van der Waals surface area contributed by atoms with Gasteiger partial charge >= 0.3 is 0 Å². The van der Waals surface area contributed by atoms with Crippen LogP contribution in [0.4, 0.5) is 0 Å². The number of nitrogens with two attached hydrogens (primary N) is 1. The zero-order chi connectivity index (χ0) is 8.27. The Morgan fingerprint density at radius 2 is 2.45 bits per heavy atom. The number of methoxy groups -OCH3 is 1. The van der Waals surface area contributed by atoms with Crippen molar-refractivity contribution in [3.63, 3.8) is 0 Å². The summed E-state index contributed by atoms with van der Waals surface area (Å²) < 4.78 is 4.95. The summed E-state index contributed by atoms with van der Waals surface area (Å²) in [5.74, 6) is 0. The number of hydrogen-bond donors (Lipinski definition) is 1. The van der Waals surface area contributed by atoms with Crippen LogP contribution in [-0.2, 0) is 4.74 Å². The topological polar surface area (TPSA) is 35.2 Å². The first-order chi connectivity index (χ1) is 5.24. The van der Waals surface area contributed by atoms with Crippen molar-refractivity contribution in [3.8, 4) is 0 Å². The molecule has 0 saturated heterocycles. The molecule has 0 bridgehead atoms. The summed E-state index contributed by atoms with van der Waals surface area (Å²) in [6.07, 6.45) is 0. The van der Waals surface area contributed by atoms with Crippen LogP contribution >= 0.6 is 11.3 Å². The minimum absolute atomic E-state index is 0.0405. The Hall–Kier alpha value is -0.380. The second kappa shape index (κ2) is 3.85. The normalized spacial score (nSPS) is 13.4. The average Bonchev–Trinajstić information content (AvgIpc) is 2.36. The Morgan fingerprint density at radius 3 is 2.91 bits per heavy atom. The number of thiophene rings is 1. The molecule has 0 amide bonds. The van der Waals surface area contributed by atoms with Crippen molar-refractivity contribution < 1.29 is 4.74 Å². The van der Waals surface area contributed by atoms with Crippen molar-refractivity contribution in [2.24, 2.45) is 5.73 Å². The average molecular weight is 171 g/mol. The van der Waals surface area contributed by atoms with Crippen LogP contribution in [0.25, 0.3) is 0 Å². The largest absolute Gasteiger partial charge is 0.383 e. The van der Waals surface area contributed by atoms with Crippen molar-refractivity contribution in [1.29, 1.82) is 0 Å². The highest BCUT2D eigenvalue weighted by Gasteiger charge is 2.06. The highest BCUT2D eigenvalue weighted by atomic mass is 32.1. The van der Waals surface area contributed by atoms with E-state index >= 15 is 0 Å². The monoisotopic (exact) mass is 171 g/mol. The van der Waals surface area contributed by atoms with Gasteiger partial charge < -0.3 is 10.5 Å². The molecule has 0 spiro atoms. The van der Waals surface area contributed by atoms with Gasteiger partial charge in [0.25, 0.3) is 0 Å². The standard InChI is InChI=1S/C8H13NOS/c1-6-3-8(11-5-6)7(9)4-10-2/h3,5,7H,4,9H2,1-2H3. The van der Waals surface area contributed by atoms with Crippen LogP contribution in [-0.4, -0.2) is 13.7 Å². The van der Waals surface area contributed by atoms with Gasteiger partial charge in [-0.3, -0.25) is 0 Å². The molecule has 1 aromatic heterocycles. The van der Waals surface area contributed by atoms with Crippen molar-refractivity contribution in [3.05, 3.63) is 21.9 Å². The maximum Gasteiger partial charge on any atom is 0.0663 e. The molecular weight excluding hydrogens is 158 g/mol. The van der Waals surface area contributed by atoms with Crippen LogP contribution in [0.1, 0.15) is 16.5 Å². The zero-order valence-electron chi connectivity index (χ0n) is 6.83. The molecule has 0 radical (unpaired) electrons. The zero-order valence-corrected chi connectivity index (χ0v) is 7.65. The van der Waals surface area contributed by atoms with Crippen LogP contribution in [0.5, 0.6) is 0 Å². The van der Waals surface area contributed by atoms with Gasteiger partial charge in [0.15, 0.2) is 0 Å². The van der Waals surface area contributed by atoms with Gasteiger partial charge in [0, 0.05) is 12.0 Å². The molecule has 1 rings (SSSR count). The van der Waals surface area contributed by atoms with Crippen LogP contribution in [0.3, 0.4) is 0 Å². The minimum atomic E-state index is 0.0405. The number of rotatable bonds is 3. The first-order valence-corrected chi connectivity index (χ1v) is 4.41. The Bertz CT molecular complexity index is 222. The molecule has 2 N–H and O–H groups in total. The van der Waals surface area contributed by atoms with Crippen LogP contribution in [0, 0.1) is 6.92 Å². The van der Waals surface area contributed by atoms with Gasteiger partial charge in [0.1, 0.15) is 0 Å². The van der Waals surface area contributed by atoms with E-state index in [9.17, 15) is 0 Å². The van der Waals surface area contributed by atoms with E-state index in [1.807, 2.05) is 0 Å². The summed E-state index contributed by atoms with van der Waals surface area (Å²) in [5.41, 5.74) is 7.08. The van der Waals surface area contributed by atoms with Gasteiger partial charge in [-0.15, -0.1) is 11.3 Å². The summed E-state index contributed by atoms with van der Waals surface area (Å²) in [6, 6.07) is 2.15. The highest BCUT2D eigenvalue weighted by Crippen LogP contribution is 2.19. The maximum atomic E-state index is 5.80. The minimum Gasteiger partial charge on any atom is -0.383 e. The summed E-state index contributed by atoms with van der Waals surface area (Å²) in [7, 11) is 1.67. The number of ether oxygens (including phenoxy) is 1. The molecule has 62 valence electrons. The molecule has 3 heteroatoms. The summed E-state index contributed by atoms with van der Waals surface area (Å²) in [5, 5.41) is 2.10. The predicted octanol–water partition coefficient (Wildman–Crippen LogP) is 1.70. The number of hydrogen-bond acceptors (Lipinski definition) is 3. The summed E-state index contributed by atoms with van der Waals surface area (Å²) in [6.45, 7) is 2.67. The third-order valence-corrected chi connectivity index (χ3v) is 2.64. The van der Waals surface area contributed by atoms with E-state index in [1.54, 1.807) is 18.4 Å². The van der Waals surface area contributed by atoms with E-state index in [2.05, 4.69) is 18.4 Å². The molecule has 2 nitrogen and oxygen atoms in total. The van der Waals surface area contributed by atoms with Gasteiger partial charge in [-0.25, -0.2) is 0 Å². The fourth-order valence-electron chi connectivity index (χ4n) is 0.910. The third-order valence-electron chi connectivity index (χ3n) is 1.46. The second-order valence-corrected chi connectivity index (χ2v) is 3.53. The molecule has 0 fully saturated rings. The van der Waals surface area contributed by atoms with Gasteiger partial charge in [-0.2, -0.15) is 0 Å². The molecule has 0 aliphatic carbocycles. The molecule has 1 atom stereocenters. The summed E-state index contributed by atoms with van der Waals surface area (Å²) >= 11 is 1.69. The molecular formula is C8H13NOS. The van der Waals surface area contributed by atoms with Crippen molar-refractivity contribution in [2.45, 2.75) is 13.0 Å². The smallest absolute Gasteiger partial charge is 0.0663 e. The van der Waals surface area contributed by atoms with Crippen molar-refractivity contribution in [1.82, 2.24) is 0 Å². The first kappa shape index (κ1) is 8.71. The van der Waals surface area contributed by atoms with E-state index < -0.39 is 0 Å². The molecule has 1 aromatic rings. The van der Waals surface area contributed by atoms with Gasteiger partial charge in [0.05, 0.1) is 12.6 Å². The molecule has 1 unspecified atom stereocenters. The fourth-order valence-corrected chi connectivity index (χ4v) is 1.80. The van der Waals surface area contributed by atoms with Crippen LogP contribution < -0.4 is 5.73 Å². The van der Waals surface area contributed by atoms with E-state index in [0.29, 0.717) is 6.61 Å². The van der Waals surface area contributed by atoms with E-state index in [4.69, 9.17) is 10.5 Å². The fraction of sp³-hybridized carbons (Fsp3) is 0.500. The lowest BCUT2D eigenvalue weighted by molar-refractivity contribution is 0.182. The van der Waals surface area contributed by atoms with E-state index in [1.165, 1.54) is 10.4 Å². The third kappa shape index (κ3) is 2.29. The lowest BCUT2D eigenvalue weighted by Gasteiger charge is -2.06. The lowest BCUT2D eigenvalue weighted by atomic mass is 10.2. The Labute approximate surface area is 71.0 Å². The molecule has 1 heterocycles. The second-order valence-electron chi connectivity index (χ2n) is 2.59. The van der Waals surface area contributed by atoms with Crippen LogP contribution in [0.15, 0.2) is 11.4 Å². The van der Waals surface area contributed by atoms with Gasteiger partial charge in [-0.05, 0) is 23.9 Å². The molecule has 0 saturated carbocycles. The van der Waals surface area contributed by atoms with Gasteiger partial charge in [0.2, 0.25) is 0 Å². The maximum absolute atomic E-state index is 5.80. The predicted molar refractivity (Wildman–Crippen MR) is 47.9 cm³/mol. The summed E-state index contributed by atoms with van der Waals surface area (Å²) in [4.78, 5) is 1.20. The molecule has 0 aromatic carbocycles. The van der Waals surface area contributed by atoms with Crippen LogP contribution in [0.2, 0.25) is 0 Å². The van der Waals surface area contributed by atoms with Crippen molar-refractivity contribution >= 4 is 11.3 Å². The quantitative estimate of drug-likeness (QED) is 0.751. The molecule has 0 aliphatic heterocycles. The SMILES string of the molecule is COCC(N)c1cc(C)cs1. The Balaban J connectivity index is 2.60. The first-order valence-electron chi connectivity index (χ1n) is 3.53. The highest BCUT2D eigenvalue weighted by molar-refractivity contribution is 7.10. The Morgan fingerprint density at radius 1 is 1.73 bits per heavy atom. The van der Waals surface area contributed by atoms with E-state index in [0.717, 1.165) is 0 Å².